The van der Waals surface area contributed by atoms with Crippen LogP contribution in [0.15, 0.2) is 53.7 Å². The Hall–Kier alpha value is -1.47. The summed E-state index contributed by atoms with van der Waals surface area (Å²) in [6.45, 7) is 1.87. The first-order valence-corrected chi connectivity index (χ1v) is 8.44. The minimum atomic E-state index is -3.65. The van der Waals surface area contributed by atoms with Crippen molar-refractivity contribution in [3.63, 3.8) is 0 Å². The van der Waals surface area contributed by atoms with Gasteiger partial charge >= 0.3 is 0 Å². The van der Waals surface area contributed by atoms with Gasteiger partial charge < -0.3 is 4.74 Å². The Morgan fingerprint density at radius 3 is 2.68 bits per heavy atom. The Morgan fingerprint density at radius 2 is 2.09 bits per heavy atom. The molecule has 0 aliphatic carbocycles. The third kappa shape index (κ3) is 3.84. The predicted octanol–water partition coefficient (Wildman–Crippen LogP) is 2.58. The summed E-state index contributed by atoms with van der Waals surface area (Å²) < 4.78 is 32.6. The molecule has 1 N–H and O–H groups in total. The van der Waals surface area contributed by atoms with E-state index in [0.29, 0.717) is 5.02 Å². The molecular formula is C15H17ClN2O3S. The lowest BCUT2D eigenvalue weighted by Crippen LogP contribution is -2.40. The van der Waals surface area contributed by atoms with Gasteiger partial charge in [0, 0.05) is 31.1 Å². The zero-order chi connectivity index (χ0) is 16.2. The van der Waals surface area contributed by atoms with Crippen molar-refractivity contribution in [2.45, 2.75) is 17.4 Å². The van der Waals surface area contributed by atoms with Crippen LogP contribution in [0.4, 0.5) is 0 Å². The topological polar surface area (TPSA) is 68.3 Å². The summed E-state index contributed by atoms with van der Waals surface area (Å²) in [5.74, 6) is 0. The largest absolute Gasteiger partial charge is 0.372 e. The van der Waals surface area contributed by atoms with Crippen LogP contribution < -0.4 is 4.72 Å². The number of aromatic nitrogens is 1. The van der Waals surface area contributed by atoms with Gasteiger partial charge in [0.05, 0.1) is 0 Å². The van der Waals surface area contributed by atoms with Crippen LogP contribution in [0.25, 0.3) is 0 Å². The van der Waals surface area contributed by atoms with Gasteiger partial charge in [-0.2, -0.15) is 0 Å². The number of nitrogens with zero attached hydrogens (tertiary/aromatic N) is 1. The number of hydrogen-bond donors (Lipinski definition) is 1. The van der Waals surface area contributed by atoms with E-state index < -0.39 is 15.6 Å². The zero-order valence-corrected chi connectivity index (χ0v) is 13.9. The molecule has 0 spiro atoms. The summed E-state index contributed by atoms with van der Waals surface area (Å²) in [5.41, 5.74) is -0.0448. The molecular weight excluding hydrogens is 324 g/mol. The van der Waals surface area contributed by atoms with Crippen molar-refractivity contribution in [1.29, 1.82) is 0 Å². The monoisotopic (exact) mass is 340 g/mol. The SMILES string of the molecule is COC(C)(CNS(=O)(=O)c1cccnc1)c1cccc(Cl)c1. The summed E-state index contributed by atoms with van der Waals surface area (Å²) in [6.07, 6.45) is 2.82. The highest BCUT2D eigenvalue weighted by atomic mass is 35.5. The Morgan fingerprint density at radius 1 is 1.32 bits per heavy atom. The first kappa shape index (κ1) is 16.9. The maximum Gasteiger partial charge on any atom is 0.242 e. The van der Waals surface area contributed by atoms with Gasteiger partial charge in [-0.25, -0.2) is 13.1 Å². The van der Waals surface area contributed by atoms with E-state index in [0.717, 1.165) is 5.56 Å². The lowest BCUT2D eigenvalue weighted by atomic mass is 9.96. The number of methoxy groups -OCH3 is 1. The average Bonchev–Trinajstić information content (AvgIpc) is 2.53. The molecule has 7 heteroatoms. The smallest absolute Gasteiger partial charge is 0.242 e. The average molecular weight is 341 g/mol. The third-order valence-corrected chi connectivity index (χ3v) is 5.05. The van der Waals surface area contributed by atoms with E-state index in [2.05, 4.69) is 9.71 Å². The van der Waals surface area contributed by atoms with Crippen molar-refractivity contribution in [3.8, 4) is 0 Å². The lowest BCUT2D eigenvalue weighted by molar-refractivity contribution is 0.00699. The second kappa shape index (κ2) is 6.75. The van der Waals surface area contributed by atoms with Crippen LogP contribution in [0.5, 0.6) is 0 Å². The first-order chi connectivity index (χ1) is 10.4. The van der Waals surface area contributed by atoms with E-state index in [1.165, 1.54) is 25.6 Å². The van der Waals surface area contributed by atoms with Gasteiger partial charge in [0.1, 0.15) is 10.5 Å². The molecule has 0 bridgehead atoms. The van der Waals surface area contributed by atoms with E-state index in [1.807, 2.05) is 6.07 Å². The van der Waals surface area contributed by atoms with E-state index in [-0.39, 0.29) is 11.4 Å². The number of halogens is 1. The van der Waals surface area contributed by atoms with E-state index in [9.17, 15) is 8.42 Å². The molecule has 1 atom stereocenters. The summed E-state index contributed by atoms with van der Waals surface area (Å²) >= 11 is 5.99. The van der Waals surface area contributed by atoms with Crippen molar-refractivity contribution < 1.29 is 13.2 Å². The second-order valence-electron chi connectivity index (χ2n) is 4.96. The van der Waals surface area contributed by atoms with Crippen molar-refractivity contribution in [1.82, 2.24) is 9.71 Å². The molecule has 1 unspecified atom stereocenters. The van der Waals surface area contributed by atoms with Gasteiger partial charge in [-0.3, -0.25) is 4.98 Å². The van der Waals surface area contributed by atoms with Crippen molar-refractivity contribution >= 4 is 21.6 Å². The fourth-order valence-corrected chi connectivity index (χ4v) is 3.21. The Balaban J connectivity index is 2.21. The number of rotatable bonds is 6. The van der Waals surface area contributed by atoms with Crippen molar-refractivity contribution in [3.05, 3.63) is 59.4 Å². The van der Waals surface area contributed by atoms with Gasteiger partial charge in [0.15, 0.2) is 0 Å². The summed E-state index contributed by atoms with van der Waals surface area (Å²) in [4.78, 5) is 3.93. The van der Waals surface area contributed by atoms with Crippen LogP contribution in [-0.2, 0) is 20.4 Å². The van der Waals surface area contributed by atoms with E-state index in [4.69, 9.17) is 16.3 Å². The second-order valence-corrected chi connectivity index (χ2v) is 7.16. The maximum atomic E-state index is 12.3. The summed E-state index contributed by atoms with van der Waals surface area (Å²) in [5, 5.41) is 0.566. The fraction of sp³-hybridized carbons (Fsp3) is 0.267. The summed E-state index contributed by atoms with van der Waals surface area (Å²) in [6, 6.07) is 10.2. The molecule has 1 heterocycles. The molecule has 1 aromatic carbocycles. The Kier molecular flexibility index (Phi) is 5.18. The maximum absolute atomic E-state index is 12.3. The highest BCUT2D eigenvalue weighted by Crippen LogP contribution is 2.26. The zero-order valence-electron chi connectivity index (χ0n) is 12.3. The molecule has 0 saturated carbocycles. The van der Waals surface area contributed by atoms with Crippen LogP contribution in [-0.4, -0.2) is 27.1 Å². The first-order valence-electron chi connectivity index (χ1n) is 6.58. The molecule has 22 heavy (non-hydrogen) atoms. The van der Waals surface area contributed by atoms with Crippen LogP contribution in [0.1, 0.15) is 12.5 Å². The lowest BCUT2D eigenvalue weighted by Gasteiger charge is -2.29. The Labute approximate surface area is 135 Å². The third-order valence-electron chi connectivity index (χ3n) is 3.43. The highest BCUT2D eigenvalue weighted by Gasteiger charge is 2.29. The molecule has 2 aromatic rings. The minimum Gasteiger partial charge on any atom is -0.372 e. The standard InChI is InChI=1S/C15H17ClN2O3S/c1-15(21-2,12-5-3-6-13(16)9-12)11-18-22(19,20)14-7-4-8-17-10-14/h3-10,18H,11H2,1-2H3. The molecule has 0 aliphatic rings. The number of nitrogens with one attached hydrogen (secondary N) is 1. The minimum absolute atomic E-state index is 0.0705. The van der Waals surface area contributed by atoms with Crippen molar-refractivity contribution in [2.75, 3.05) is 13.7 Å². The Bertz CT molecular complexity index is 737. The molecule has 2 rings (SSSR count). The van der Waals surface area contributed by atoms with Gasteiger partial charge in [0.25, 0.3) is 0 Å². The van der Waals surface area contributed by atoms with E-state index in [1.54, 1.807) is 31.2 Å². The van der Waals surface area contributed by atoms with Gasteiger partial charge in [-0.15, -0.1) is 0 Å². The molecule has 0 fully saturated rings. The van der Waals surface area contributed by atoms with Crippen molar-refractivity contribution in [2.24, 2.45) is 0 Å². The van der Waals surface area contributed by atoms with Crippen LogP contribution in [0.2, 0.25) is 5.02 Å². The van der Waals surface area contributed by atoms with Crippen LogP contribution in [0.3, 0.4) is 0 Å². The molecule has 0 saturated heterocycles. The van der Waals surface area contributed by atoms with E-state index >= 15 is 0 Å². The molecule has 0 aliphatic heterocycles. The number of pyridine rings is 1. The number of sulfonamides is 1. The predicted molar refractivity (Wildman–Crippen MR) is 85.2 cm³/mol. The molecule has 0 amide bonds. The quantitative estimate of drug-likeness (QED) is 0.877. The van der Waals surface area contributed by atoms with Crippen LogP contribution >= 0.6 is 11.6 Å². The van der Waals surface area contributed by atoms with Gasteiger partial charge in [0.2, 0.25) is 10.0 Å². The number of benzene rings is 1. The summed E-state index contributed by atoms with van der Waals surface area (Å²) in [7, 11) is -2.12. The molecule has 5 nitrogen and oxygen atoms in total. The van der Waals surface area contributed by atoms with Crippen LogP contribution in [0, 0.1) is 0 Å². The normalized spacial score (nSPS) is 14.5. The van der Waals surface area contributed by atoms with Gasteiger partial charge in [-0.1, -0.05) is 23.7 Å². The fourth-order valence-electron chi connectivity index (χ4n) is 1.93. The molecule has 0 radical (unpaired) electrons. The molecule has 1 aromatic heterocycles. The number of ether oxygens (including phenoxy) is 1. The van der Waals surface area contributed by atoms with Gasteiger partial charge in [-0.05, 0) is 36.8 Å². The molecule has 118 valence electrons. The highest BCUT2D eigenvalue weighted by molar-refractivity contribution is 7.89. The number of hydrogen-bond acceptors (Lipinski definition) is 4.